The van der Waals surface area contributed by atoms with E-state index in [1.165, 1.54) is 38.3 Å². The summed E-state index contributed by atoms with van der Waals surface area (Å²) in [6.07, 6.45) is 4.61. The molecule has 0 unspecified atom stereocenters. The van der Waals surface area contributed by atoms with Crippen LogP contribution in [0.2, 0.25) is 0 Å². The fourth-order valence-electron chi connectivity index (χ4n) is 2.13. The van der Waals surface area contributed by atoms with E-state index in [4.69, 9.17) is 0 Å². The number of benzene rings is 1. The van der Waals surface area contributed by atoms with E-state index in [0.717, 1.165) is 6.42 Å². The first-order chi connectivity index (χ1) is 8.99. The van der Waals surface area contributed by atoms with Gasteiger partial charge in [-0.2, -0.15) is 0 Å². The molecule has 0 radical (unpaired) electrons. The van der Waals surface area contributed by atoms with Crippen molar-refractivity contribution in [2.45, 2.75) is 37.5 Å². The molecule has 0 spiro atoms. The first-order valence-corrected chi connectivity index (χ1v) is 8.08. The average molecular weight is 281 g/mol. The van der Waals surface area contributed by atoms with E-state index in [-0.39, 0.29) is 10.7 Å². The zero-order chi connectivity index (χ0) is 13.9. The molecule has 1 aliphatic rings. The minimum absolute atomic E-state index is 0.0677. The van der Waals surface area contributed by atoms with Crippen molar-refractivity contribution in [1.29, 1.82) is 0 Å². The number of carbonyl (C=O) groups is 1. The van der Waals surface area contributed by atoms with Crippen LogP contribution in [0, 0.1) is 5.92 Å². The van der Waals surface area contributed by atoms with Gasteiger partial charge < -0.3 is 0 Å². The van der Waals surface area contributed by atoms with E-state index in [1.807, 2.05) is 0 Å². The zero-order valence-corrected chi connectivity index (χ0v) is 11.9. The summed E-state index contributed by atoms with van der Waals surface area (Å²) in [4.78, 5) is 11.3. The van der Waals surface area contributed by atoms with Crippen LogP contribution in [-0.4, -0.2) is 20.7 Å². The van der Waals surface area contributed by atoms with E-state index in [0.29, 0.717) is 18.0 Å². The normalized spacial score (nSPS) is 16.1. The van der Waals surface area contributed by atoms with E-state index >= 15 is 0 Å². The second-order valence-electron chi connectivity index (χ2n) is 5.06. The second kappa shape index (κ2) is 5.84. The monoisotopic (exact) mass is 281 g/mol. The number of Topliss-reactive ketones (excluding diaryl/α,β-unsaturated/α-hetero) is 1. The number of nitrogens with one attached hydrogen (secondary N) is 1. The average Bonchev–Trinajstić information content (AvgIpc) is 2.32. The largest absolute Gasteiger partial charge is 0.295 e. The number of hydrogen-bond donors (Lipinski definition) is 1. The number of hydrogen-bond acceptors (Lipinski definition) is 3. The van der Waals surface area contributed by atoms with Crippen LogP contribution in [-0.2, 0) is 10.0 Å². The molecule has 4 nitrogen and oxygen atoms in total. The van der Waals surface area contributed by atoms with Crippen LogP contribution in [0.25, 0.3) is 0 Å². The third-order valence-corrected chi connectivity index (χ3v) is 5.12. The Labute approximate surface area is 114 Å². The van der Waals surface area contributed by atoms with Crippen LogP contribution < -0.4 is 4.72 Å². The summed E-state index contributed by atoms with van der Waals surface area (Å²) >= 11 is 0. The molecule has 0 aromatic heterocycles. The molecule has 0 saturated heterocycles. The fourth-order valence-corrected chi connectivity index (χ4v) is 3.18. The van der Waals surface area contributed by atoms with Gasteiger partial charge in [0.2, 0.25) is 10.0 Å². The van der Waals surface area contributed by atoms with Gasteiger partial charge in [-0.3, -0.25) is 4.79 Å². The maximum atomic E-state index is 12.0. The lowest BCUT2D eigenvalue weighted by Crippen LogP contribution is -2.27. The molecule has 1 aliphatic carbocycles. The third-order valence-electron chi connectivity index (χ3n) is 3.64. The van der Waals surface area contributed by atoms with Crippen LogP contribution >= 0.6 is 0 Å². The molecule has 0 atom stereocenters. The first kappa shape index (κ1) is 14.2. The maximum absolute atomic E-state index is 12.0. The molecule has 5 heteroatoms. The van der Waals surface area contributed by atoms with Crippen LogP contribution in [0.5, 0.6) is 0 Å². The summed E-state index contributed by atoms with van der Waals surface area (Å²) < 4.78 is 26.6. The van der Waals surface area contributed by atoms with Crippen molar-refractivity contribution < 1.29 is 13.2 Å². The van der Waals surface area contributed by atoms with Crippen LogP contribution in [0.4, 0.5) is 0 Å². The SMILES string of the molecule is CC(=O)c1ccc(S(=O)(=O)NCCC2CCC2)cc1. The minimum atomic E-state index is -3.44. The van der Waals surface area contributed by atoms with E-state index in [1.54, 1.807) is 12.1 Å². The summed E-state index contributed by atoms with van der Waals surface area (Å²) in [5.74, 6) is 0.615. The van der Waals surface area contributed by atoms with E-state index in [9.17, 15) is 13.2 Å². The number of rotatable bonds is 6. The number of sulfonamides is 1. The molecule has 1 fully saturated rings. The van der Waals surface area contributed by atoms with Crippen molar-refractivity contribution in [1.82, 2.24) is 4.72 Å². The molecule has 1 aromatic rings. The summed E-state index contributed by atoms with van der Waals surface area (Å²) in [6, 6.07) is 6.04. The van der Waals surface area contributed by atoms with Gasteiger partial charge in [-0.1, -0.05) is 31.4 Å². The van der Waals surface area contributed by atoms with Crippen molar-refractivity contribution in [3.63, 3.8) is 0 Å². The van der Waals surface area contributed by atoms with Crippen molar-refractivity contribution in [3.8, 4) is 0 Å². The highest BCUT2D eigenvalue weighted by Crippen LogP contribution is 2.28. The fraction of sp³-hybridized carbons (Fsp3) is 0.500. The van der Waals surface area contributed by atoms with Crippen molar-refractivity contribution in [3.05, 3.63) is 29.8 Å². The topological polar surface area (TPSA) is 63.2 Å². The van der Waals surface area contributed by atoms with Gasteiger partial charge in [0.25, 0.3) is 0 Å². The molecule has 19 heavy (non-hydrogen) atoms. The molecule has 2 rings (SSSR count). The molecule has 0 heterocycles. The van der Waals surface area contributed by atoms with Crippen LogP contribution in [0.1, 0.15) is 43.0 Å². The van der Waals surface area contributed by atoms with Gasteiger partial charge in [-0.05, 0) is 31.4 Å². The maximum Gasteiger partial charge on any atom is 0.240 e. The lowest BCUT2D eigenvalue weighted by Gasteiger charge is -2.25. The molecular formula is C14H19NO3S. The molecule has 0 amide bonds. The van der Waals surface area contributed by atoms with Gasteiger partial charge in [0, 0.05) is 12.1 Å². The highest BCUT2D eigenvalue weighted by Gasteiger charge is 2.19. The van der Waals surface area contributed by atoms with Gasteiger partial charge in [0.15, 0.2) is 5.78 Å². The molecule has 1 aromatic carbocycles. The molecule has 0 aliphatic heterocycles. The zero-order valence-electron chi connectivity index (χ0n) is 11.1. The van der Waals surface area contributed by atoms with Gasteiger partial charge in [-0.25, -0.2) is 13.1 Å². The minimum Gasteiger partial charge on any atom is -0.295 e. The Hall–Kier alpha value is -1.20. The van der Waals surface area contributed by atoms with Gasteiger partial charge >= 0.3 is 0 Å². The highest BCUT2D eigenvalue weighted by molar-refractivity contribution is 7.89. The Morgan fingerprint density at radius 3 is 2.37 bits per heavy atom. The Morgan fingerprint density at radius 2 is 1.89 bits per heavy atom. The number of ketones is 1. The molecule has 0 bridgehead atoms. The van der Waals surface area contributed by atoms with Crippen LogP contribution in [0.15, 0.2) is 29.2 Å². The Kier molecular flexibility index (Phi) is 4.37. The van der Waals surface area contributed by atoms with Crippen LogP contribution in [0.3, 0.4) is 0 Å². The second-order valence-corrected chi connectivity index (χ2v) is 6.83. The van der Waals surface area contributed by atoms with E-state index in [2.05, 4.69) is 4.72 Å². The summed E-state index contributed by atoms with van der Waals surface area (Å²) in [5.41, 5.74) is 0.522. The van der Waals surface area contributed by atoms with Crippen molar-refractivity contribution >= 4 is 15.8 Å². The quantitative estimate of drug-likeness (QED) is 0.814. The molecular weight excluding hydrogens is 262 g/mol. The van der Waals surface area contributed by atoms with Gasteiger partial charge in [0.05, 0.1) is 4.90 Å². The molecule has 1 saturated carbocycles. The highest BCUT2D eigenvalue weighted by atomic mass is 32.2. The summed E-state index contributed by atoms with van der Waals surface area (Å²) in [7, 11) is -3.44. The number of carbonyl (C=O) groups excluding carboxylic acids is 1. The lowest BCUT2D eigenvalue weighted by molar-refractivity contribution is 0.101. The van der Waals surface area contributed by atoms with Gasteiger partial charge in [-0.15, -0.1) is 0 Å². The van der Waals surface area contributed by atoms with Gasteiger partial charge in [0.1, 0.15) is 0 Å². The standard InChI is InChI=1S/C14H19NO3S/c1-11(16)13-5-7-14(8-6-13)19(17,18)15-10-9-12-3-2-4-12/h5-8,12,15H,2-4,9-10H2,1H3. The molecule has 104 valence electrons. The Bertz CT molecular complexity index is 545. The predicted molar refractivity (Wildman–Crippen MR) is 73.6 cm³/mol. The first-order valence-electron chi connectivity index (χ1n) is 6.60. The van der Waals surface area contributed by atoms with Crippen molar-refractivity contribution in [2.75, 3.05) is 6.54 Å². The lowest BCUT2D eigenvalue weighted by atomic mass is 9.83. The Balaban J connectivity index is 1.95. The molecule has 1 N–H and O–H groups in total. The summed E-state index contributed by atoms with van der Waals surface area (Å²) in [6.45, 7) is 1.95. The Morgan fingerprint density at radius 1 is 1.26 bits per heavy atom. The van der Waals surface area contributed by atoms with E-state index < -0.39 is 10.0 Å². The van der Waals surface area contributed by atoms with Crippen molar-refractivity contribution in [2.24, 2.45) is 5.92 Å². The summed E-state index contributed by atoms with van der Waals surface area (Å²) in [5, 5.41) is 0. The smallest absolute Gasteiger partial charge is 0.240 e. The predicted octanol–water partition coefficient (Wildman–Crippen LogP) is 2.36. The third kappa shape index (κ3) is 3.64.